The van der Waals surface area contributed by atoms with E-state index in [2.05, 4.69) is 14.7 Å². The van der Waals surface area contributed by atoms with Crippen LogP contribution >= 0.6 is 0 Å². The van der Waals surface area contributed by atoms with Crippen molar-refractivity contribution in [2.24, 2.45) is 0 Å². The van der Waals surface area contributed by atoms with E-state index in [9.17, 15) is 18.0 Å². The van der Waals surface area contributed by atoms with Gasteiger partial charge in [0.25, 0.3) is 0 Å². The molecule has 2 aromatic rings. The van der Waals surface area contributed by atoms with Crippen molar-refractivity contribution in [2.45, 2.75) is 18.7 Å². The van der Waals surface area contributed by atoms with Gasteiger partial charge in [0.15, 0.2) is 0 Å². The average molecular weight is 343 g/mol. The molecule has 1 unspecified atom stereocenters. The first-order valence-corrected chi connectivity index (χ1v) is 6.99. The fraction of sp³-hybridized carbons (Fsp3) is 0.357. The van der Waals surface area contributed by atoms with Crippen LogP contribution in [0, 0.1) is 0 Å². The first kappa shape index (κ1) is 16.1. The van der Waals surface area contributed by atoms with Crippen LogP contribution in [-0.2, 0) is 6.18 Å². The molecule has 1 aromatic carbocycles. The lowest BCUT2D eigenvalue weighted by molar-refractivity contribution is -0.159. The number of nitrogens with zero attached hydrogens (tertiary/aromatic N) is 3. The molecule has 1 saturated heterocycles. The number of carbonyl (C=O) groups is 1. The molecular formula is C14H12F3N3O4. The van der Waals surface area contributed by atoms with Gasteiger partial charge in [0.2, 0.25) is 5.82 Å². The quantitative estimate of drug-likeness (QED) is 0.922. The van der Waals surface area contributed by atoms with Gasteiger partial charge in [-0.05, 0) is 12.1 Å². The largest absolute Gasteiger partial charge is 0.488 e. The van der Waals surface area contributed by atoms with Crippen LogP contribution in [0.2, 0.25) is 0 Å². The number of likely N-dealkylation sites (tertiary alicyclic amines) is 1. The van der Waals surface area contributed by atoms with Crippen LogP contribution in [0.15, 0.2) is 28.8 Å². The van der Waals surface area contributed by atoms with E-state index in [0.717, 1.165) is 0 Å². The van der Waals surface area contributed by atoms with Gasteiger partial charge in [0.1, 0.15) is 11.9 Å². The molecule has 0 aliphatic carbocycles. The average Bonchev–Trinajstić information content (AvgIpc) is 3.16. The Labute approximate surface area is 133 Å². The monoisotopic (exact) mass is 343 g/mol. The molecule has 7 nitrogen and oxygen atoms in total. The second-order valence-corrected chi connectivity index (χ2v) is 5.21. The van der Waals surface area contributed by atoms with Crippen molar-refractivity contribution >= 4 is 6.09 Å². The summed E-state index contributed by atoms with van der Waals surface area (Å²) in [5, 5.41) is 12.2. The summed E-state index contributed by atoms with van der Waals surface area (Å²) < 4.78 is 47.4. The van der Waals surface area contributed by atoms with Crippen LogP contribution in [-0.4, -0.2) is 45.4 Å². The van der Waals surface area contributed by atoms with Crippen LogP contribution in [0.5, 0.6) is 5.75 Å². The van der Waals surface area contributed by atoms with Gasteiger partial charge in [-0.1, -0.05) is 17.3 Å². The van der Waals surface area contributed by atoms with Crippen molar-refractivity contribution in [2.75, 3.05) is 13.1 Å². The summed E-state index contributed by atoms with van der Waals surface area (Å²) >= 11 is 0. The minimum absolute atomic E-state index is 0.202. The van der Waals surface area contributed by atoms with E-state index in [1.807, 2.05) is 0 Å². The molecule has 2 heterocycles. The maximum atomic E-state index is 12.5. The van der Waals surface area contributed by atoms with Crippen molar-refractivity contribution in [3.05, 3.63) is 30.2 Å². The smallest absolute Gasteiger partial charge is 0.471 e. The van der Waals surface area contributed by atoms with Crippen LogP contribution in [0.3, 0.4) is 0 Å². The van der Waals surface area contributed by atoms with E-state index in [4.69, 9.17) is 9.84 Å². The number of ether oxygens (including phenoxy) is 1. The van der Waals surface area contributed by atoms with Gasteiger partial charge in [-0.2, -0.15) is 18.2 Å². The number of hydrogen-bond acceptors (Lipinski definition) is 5. The first-order chi connectivity index (χ1) is 11.3. The molecular weight excluding hydrogens is 331 g/mol. The summed E-state index contributed by atoms with van der Waals surface area (Å²) in [7, 11) is 0. The van der Waals surface area contributed by atoms with Gasteiger partial charge in [-0.3, -0.25) is 0 Å². The molecule has 1 aromatic heterocycles. The molecule has 1 amide bonds. The number of halogens is 3. The number of benzene rings is 1. The molecule has 1 N–H and O–H groups in total. The highest BCUT2D eigenvalue weighted by atomic mass is 19.4. The number of amides is 1. The second-order valence-electron chi connectivity index (χ2n) is 5.21. The molecule has 0 bridgehead atoms. The third-order valence-electron chi connectivity index (χ3n) is 3.48. The van der Waals surface area contributed by atoms with Gasteiger partial charge in [0, 0.05) is 18.5 Å². The van der Waals surface area contributed by atoms with Gasteiger partial charge in [-0.15, -0.1) is 0 Å². The van der Waals surface area contributed by atoms with Crippen molar-refractivity contribution < 1.29 is 32.3 Å². The zero-order chi connectivity index (χ0) is 17.3. The summed E-state index contributed by atoms with van der Waals surface area (Å²) in [6, 6.07) is 6.21. The molecule has 1 atom stereocenters. The Morgan fingerprint density at radius 3 is 2.83 bits per heavy atom. The van der Waals surface area contributed by atoms with E-state index < -0.39 is 18.2 Å². The molecule has 0 radical (unpaired) electrons. The van der Waals surface area contributed by atoms with Crippen LogP contribution in [0.25, 0.3) is 11.4 Å². The summed E-state index contributed by atoms with van der Waals surface area (Å²) in [6.45, 7) is 0.611. The molecule has 1 aliphatic heterocycles. The van der Waals surface area contributed by atoms with Gasteiger partial charge < -0.3 is 19.3 Å². The van der Waals surface area contributed by atoms with Crippen LogP contribution in [0.1, 0.15) is 12.3 Å². The molecule has 0 spiro atoms. The summed E-state index contributed by atoms with van der Waals surface area (Å²) in [4.78, 5) is 15.4. The summed E-state index contributed by atoms with van der Waals surface area (Å²) in [5.74, 6) is -1.23. The minimum atomic E-state index is -4.70. The Morgan fingerprint density at radius 2 is 2.21 bits per heavy atom. The molecule has 0 saturated carbocycles. The van der Waals surface area contributed by atoms with E-state index in [0.29, 0.717) is 24.3 Å². The Hall–Kier alpha value is -2.78. The normalized spacial score (nSPS) is 18.0. The molecule has 1 fully saturated rings. The zero-order valence-corrected chi connectivity index (χ0v) is 12.2. The van der Waals surface area contributed by atoms with Crippen LogP contribution < -0.4 is 4.74 Å². The molecule has 24 heavy (non-hydrogen) atoms. The van der Waals surface area contributed by atoms with E-state index in [-0.39, 0.29) is 18.5 Å². The van der Waals surface area contributed by atoms with Gasteiger partial charge in [-0.25, -0.2) is 4.79 Å². The standard InChI is InChI=1S/C14H12F3N3O4/c15-14(16,17)12-18-11(19-24-12)8-2-1-3-9(6-8)23-10-4-5-20(7-10)13(21)22/h1-3,6,10H,4-5,7H2,(H,21,22). The van der Waals surface area contributed by atoms with Crippen molar-refractivity contribution in [3.8, 4) is 17.1 Å². The van der Waals surface area contributed by atoms with Crippen molar-refractivity contribution in [3.63, 3.8) is 0 Å². The third kappa shape index (κ3) is 3.42. The fourth-order valence-corrected chi connectivity index (χ4v) is 2.35. The molecule has 128 valence electrons. The zero-order valence-electron chi connectivity index (χ0n) is 12.2. The highest BCUT2D eigenvalue weighted by molar-refractivity contribution is 5.65. The Bertz CT molecular complexity index is 747. The first-order valence-electron chi connectivity index (χ1n) is 6.99. The lowest BCUT2D eigenvalue weighted by atomic mass is 10.2. The number of rotatable bonds is 3. The van der Waals surface area contributed by atoms with Crippen molar-refractivity contribution in [1.29, 1.82) is 0 Å². The number of aromatic nitrogens is 2. The Balaban J connectivity index is 1.73. The van der Waals surface area contributed by atoms with Gasteiger partial charge in [0.05, 0.1) is 6.54 Å². The summed E-state index contributed by atoms with van der Waals surface area (Å²) in [6.07, 6.45) is -5.49. The van der Waals surface area contributed by atoms with Gasteiger partial charge >= 0.3 is 18.2 Å². The minimum Gasteiger partial charge on any atom is -0.488 e. The van der Waals surface area contributed by atoms with Crippen LogP contribution in [0.4, 0.5) is 18.0 Å². The Morgan fingerprint density at radius 1 is 1.42 bits per heavy atom. The van der Waals surface area contributed by atoms with Crippen molar-refractivity contribution in [1.82, 2.24) is 15.0 Å². The van der Waals surface area contributed by atoms with E-state index in [1.165, 1.54) is 17.0 Å². The fourth-order valence-electron chi connectivity index (χ4n) is 2.35. The highest BCUT2D eigenvalue weighted by Crippen LogP contribution is 2.30. The predicted octanol–water partition coefficient (Wildman–Crippen LogP) is 2.89. The molecule has 1 aliphatic rings. The van der Waals surface area contributed by atoms with E-state index >= 15 is 0 Å². The second kappa shape index (κ2) is 6.02. The molecule has 3 rings (SSSR count). The molecule has 10 heteroatoms. The maximum Gasteiger partial charge on any atom is 0.471 e. The lowest BCUT2D eigenvalue weighted by Gasteiger charge is -2.14. The highest BCUT2D eigenvalue weighted by Gasteiger charge is 2.38. The SMILES string of the molecule is O=C(O)N1CCC(Oc2cccc(-c3noc(C(F)(F)F)n3)c2)C1. The maximum absolute atomic E-state index is 12.5. The number of alkyl halides is 3. The topological polar surface area (TPSA) is 88.7 Å². The third-order valence-corrected chi connectivity index (χ3v) is 3.48. The predicted molar refractivity (Wildman–Crippen MR) is 73.4 cm³/mol. The van der Waals surface area contributed by atoms with E-state index in [1.54, 1.807) is 12.1 Å². The number of carboxylic acid groups (broad SMARTS) is 1. The summed E-state index contributed by atoms with van der Waals surface area (Å²) in [5.41, 5.74) is 0.305. The number of hydrogen-bond donors (Lipinski definition) is 1. The Kier molecular flexibility index (Phi) is 4.04. The lowest BCUT2D eigenvalue weighted by Crippen LogP contribution is -2.29.